The molecule has 0 aliphatic carbocycles. The second kappa shape index (κ2) is 42.7. The van der Waals surface area contributed by atoms with E-state index in [1.807, 2.05) is 0 Å². The van der Waals surface area contributed by atoms with Gasteiger partial charge in [0.05, 0.1) is 13.2 Å². The molecule has 1 rings (SSSR count). The number of amides is 3. The molecule has 1 aliphatic heterocycles. The van der Waals surface area contributed by atoms with Crippen LogP contribution in [0.15, 0.2) is 24.3 Å². The normalized spacial score (nSPS) is 14.2. The molecule has 1 heterocycles. The average Bonchev–Trinajstić information content (AvgIpc) is 3.62. The predicted octanol–water partition coefficient (Wildman–Crippen LogP) is 11.9. The third kappa shape index (κ3) is 38.2. The van der Waals surface area contributed by atoms with Crippen LogP contribution >= 0.6 is 7.82 Å². The minimum absolute atomic E-state index is 0.00217. The summed E-state index contributed by atoms with van der Waals surface area (Å²) >= 11 is 0. The van der Waals surface area contributed by atoms with E-state index in [2.05, 4.69) is 43.5 Å². The summed E-state index contributed by atoms with van der Waals surface area (Å²) in [7, 11) is -4.65. The third-order valence-corrected chi connectivity index (χ3v) is 12.3. The number of rotatable bonds is 46. The van der Waals surface area contributed by atoms with Gasteiger partial charge in [-0.15, -0.1) is 5.06 Å². The van der Waals surface area contributed by atoms with Crippen LogP contribution in [0.2, 0.25) is 0 Å². The Balaban J connectivity index is 2.40. The molecule has 0 spiro atoms. The molecule has 1 saturated heterocycles. The summed E-state index contributed by atoms with van der Waals surface area (Å²) in [6.45, 7) is 3.09. The van der Waals surface area contributed by atoms with Gasteiger partial charge in [0.1, 0.15) is 6.61 Å². The van der Waals surface area contributed by atoms with Crippen molar-refractivity contribution in [1.82, 2.24) is 10.4 Å². The molecule has 0 aromatic carbocycles. The molecule has 2 atom stereocenters. The highest BCUT2D eigenvalue weighted by Gasteiger charge is 2.32. The van der Waals surface area contributed by atoms with Crippen LogP contribution in [0.3, 0.4) is 0 Å². The van der Waals surface area contributed by atoms with Gasteiger partial charge in [0.15, 0.2) is 6.10 Å². The van der Waals surface area contributed by atoms with Crippen LogP contribution in [0.25, 0.3) is 0 Å². The highest BCUT2D eigenvalue weighted by Crippen LogP contribution is 2.43. The standard InChI is InChI=1S/C51H89N2O13P/c1-3-5-7-9-11-13-15-17-19-21-23-25-27-29-31-36-49(57)62-43-45(65-50(58)37-32-30-28-26-24-22-20-18-16-14-12-10-8-6-4-2)44-64-67(60,61)63-42-41-52-46(54)35-33-34-38-51(59)66-53-47(55)39-40-48(53)56/h17-20,45H,3-16,21-44H2,1-2H3,(H,52,54)(H,60,61)/b19-17-,20-18-/t45-/m1/s1. The van der Waals surface area contributed by atoms with Gasteiger partial charge in [-0.1, -0.05) is 141 Å². The zero-order chi connectivity index (χ0) is 49.1. The first kappa shape index (κ1) is 61.6. The van der Waals surface area contributed by atoms with Crippen molar-refractivity contribution in [3.05, 3.63) is 24.3 Å². The number of nitrogens with zero attached hydrogens (tertiary/aromatic N) is 1. The number of phosphoric ester groups is 1. The molecule has 2 N–H and O–H groups in total. The monoisotopic (exact) mass is 969 g/mol. The summed E-state index contributed by atoms with van der Waals surface area (Å²) in [6.07, 6.45) is 38.4. The molecule has 386 valence electrons. The summed E-state index contributed by atoms with van der Waals surface area (Å²) in [5.41, 5.74) is 0. The van der Waals surface area contributed by atoms with Gasteiger partial charge in [0.25, 0.3) is 11.8 Å². The molecule has 15 nitrogen and oxygen atoms in total. The van der Waals surface area contributed by atoms with Crippen LogP contribution in [-0.4, -0.2) is 78.1 Å². The lowest BCUT2D eigenvalue weighted by Gasteiger charge is -2.20. The van der Waals surface area contributed by atoms with Gasteiger partial charge >= 0.3 is 25.7 Å². The Morgan fingerprint density at radius 1 is 0.567 bits per heavy atom. The van der Waals surface area contributed by atoms with Crippen LogP contribution in [-0.2, 0) is 56.7 Å². The first-order chi connectivity index (χ1) is 32.5. The van der Waals surface area contributed by atoms with E-state index in [-0.39, 0.29) is 64.7 Å². The van der Waals surface area contributed by atoms with Crippen LogP contribution in [0.4, 0.5) is 0 Å². The maximum absolute atomic E-state index is 12.8. The Kier molecular flexibility index (Phi) is 39.3. The molecule has 0 bridgehead atoms. The van der Waals surface area contributed by atoms with Crippen molar-refractivity contribution >= 4 is 43.5 Å². The van der Waals surface area contributed by atoms with E-state index < -0.39 is 56.2 Å². The van der Waals surface area contributed by atoms with E-state index in [9.17, 15) is 38.2 Å². The summed E-state index contributed by atoms with van der Waals surface area (Å²) < 4.78 is 33.8. The molecule has 0 aromatic heterocycles. The summed E-state index contributed by atoms with van der Waals surface area (Å²) in [4.78, 5) is 87.8. The van der Waals surface area contributed by atoms with Crippen molar-refractivity contribution in [3.63, 3.8) is 0 Å². The van der Waals surface area contributed by atoms with E-state index in [1.54, 1.807) is 0 Å². The average molecular weight is 969 g/mol. The molecule has 0 aromatic rings. The number of imide groups is 1. The number of ether oxygens (including phenoxy) is 2. The fraction of sp³-hybridized carbons (Fsp3) is 0.804. The van der Waals surface area contributed by atoms with Gasteiger partial charge in [0, 0.05) is 45.1 Å². The largest absolute Gasteiger partial charge is 0.472 e. The quantitative estimate of drug-likeness (QED) is 0.0192. The van der Waals surface area contributed by atoms with Crippen LogP contribution in [0.1, 0.15) is 232 Å². The van der Waals surface area contributed by atoms with E-state index in [0.29, 0.717) is 24.3 Å². The number of hydrogen-bond acceptors (Lipinski definition) is 12. The fourth-order valence-electron chi connectivity index (χ4n) is 7.31. The van der Waals surface area contributed by atoms with Gasteiger partial charge < -0.3 is 24.5 Å². The van der Waals surface area contributed by atoms with Crippen LogP contribution in [0.5, 0.6) is 0 Å². The van der Waals surface area contributed by atoms with Crippen LogP contribution < -0.4 is 5.32 Å². The number of esters is 2. The smallest absolute Gasteiger partial charge is 0.462 e. The summed E-state index contributed by atoms with van der Waals surface area (Å²) in [5.74, 6) is -3.26. The minimum Gasteiger partial charge on any atom is -0.462 e. The topological polar surface area (TPSA) is 201 Å². The van der Waals surface area contributed by atoms with Crippen molar-refractivity contribution in [1.29, 1.82) is 0 Å². The first-order valence-electron chi connectivity index (χ1n) is 26.1. The third-order valence-electron chi connectivity index (χ3n) is 11.3. The lowest BCUT2D eigenvalue weighted by molar-refractivity contribution is -0.197. The highest BCUT2D eigenvalue weighted by atomic mass is 31.2. The molecule has 0 saturated carbocycles. The Hall–Kier alpha value is -3.39. The number of phosphoric acid groups is 1. The fourth-order valence-corrected chi connectivity index (χ4v) is 8.07. The lowest BCUT2D eigenvalue weighted by Crippen LogP contribution is -2.32. The zero-order valence-corrected chi connectivity index (χ0v) is 42.4. The van der Waals surface area contributed by atoms with Gasteiger partial charge in [-0.05, 0) is 77.0 Å². The Morgan fingerprint density at radius 3 is 1.49 bits per heavy atom. The highest BCUT2D eigenvalue weighted by molar-refractivity contribution is 7.47. The molecule has 16 heteroatoms. The molecule has 1 aliphatic rings. The molecule has 3 amide bonds. The molecular weight excluding hydrogens is 880 g/mol. The second-order valence-electron chi connectivity index (χ2n) is 17.7. The van der Waals surface area contributed by atoms with E-state index in [1.165, 1.54) is 77.0 Å². The van der Waals surface area contributed by atoms with Gasteiger partial charge in [-0.3, -0.25) is 33.0 Å². The molecule has 67 heavy (non-hydrogen) atoms. The van der Waals surface area contributed by atoms with Crippen molar-refractivity contribution in [2.24, 2.45) is 0 Å². The van der Waals surface area contributed by atoms with Crippen LogP contribution in [0, 0.1) is 0 Å². The number of hydrogen-bond donors (Lipinski definition) is 2. The van der Waals surface area contributed by atoms with Crippen molar-refractivity contribution < 1.29 is 61.6 Å². The second-order valence-corrected chi connectivity index (χ2v) is 19.1. The maximum atomic E-state index is 12.8. The Bertz CT molecular complexity index is 1440. The zero-order valence-electron chi connectivity index (χ0n) is 41.5. The summed E-state index contributed by atoms with van der Waals surface area (Å²) in [6, 6.07) is 0. The minimum atomic E-state index is -4.65. The SMILES string of the molecule is CCCCCCCC/C=C\CCCCCCCC(=O)OC[C@H](COP(=O)(O)OCCNC(=O)CCCCC(=O)ON1C(=O)CCC1=O)OC(=O)CCCCCCC/C=C\CCCCCCCC. The summed E-state index contributed by atoms with van der Waals surface area (Å²) in [5, 5.41) is 3.02. The van der Waals surface area contributed by atoms with Crippen molar-refractivity contribution in [2.75, 3.05) is 26.4 Å². The van der Waals surface area contributed by atoms with Gasteiger partial charge in [-0.25, -0.2) is 9.36 Å². The van der Waals surface area contributed by atoms with Crippen molar-refractivity contribution in [3.8, 4) is 0 Å². The number of unbranched alkanes of at least 4 members (excludes halogenated alkanes) is 23. The number of hydroxylamine groups is 2. The number of allylic oxidation sites excluding steroid dienone is 4. The number of carbonyl (C=O) groups excluding carboxylic acids is 6. The van der Waals surface area contributed by atoms with Gasteiger partial charge in [0.2, 0.25) is 5.91 Å². The molecule has 1 unspecified atom stereocenters. The van der Waals surface area contributed by atoms with Crippen molar-refractivity contribution in [2.45, 2.75) is 238 Å². The Morgan fingerprint density at radius 2 is 0.985 bits per heavy atom. The number of carbonyl (C=O) groups is 6. The predicted molar refractivity (Wildman–Crippen MR) is 260 cm³/mol. The number of nitrogens with one attached hydrogen (secondary N) is 1. The first-order valence-corrected chi connectivity index (χ1v) is 27.6. The lowest BCUT2D eigenvalue weighted by atomic mass is 10.1. The molecule has 1 fully saturated rings. The Labute approximate surface area is 403 Å². The molecule has 0 radical (unpaired) electrons. The molecular formula is C51H89N2O13P. The van der Waals surface area contributed by atoms with Gasteiger partial charge in [-0.2, -0.15) is 0 Å². The maximum Gasteiger partial charge on any atom is 0.472 e. The van der Waals surface area contributed by atoms with E-state index in [4.69, 9.17) is 23.4 Å². The van der Waals surface area contributed by atoms with E-state index in [0.717, 1.165) is 77.0 Å². The van der Waals surface area contributed by atoms with E-state index >= 15 is 0 Å².